The highest BCUT2D eigenvalue weighted by Gasteiger charge is 2.21. The number of ether oxygens (including phenoxy) is 1. The maximum absolute atomic E-state index is 12.7. The molecule has 2 aromatic rings. The van der Waals surface area contributed by atoms with Gasteiger partial charge in [0.25, 0.3) is 0 Å². The largest absolute Gasteiger partial charge is 0.493 e. The highest BCUT2D eigenvalue weighted by Crippen LogP contribution is 2.28. The Labute approximate surface area is 156 Å². The molecule has 0 spiro atoms. The van der Waals surface area contributed by atoms with E-state index in [1.54, 1.807) is 24.3 Å². The second kappa shape index (κ2) is 8.32. The van der Waals surface area contributed by atoms with E-state index in [-0.39, 0.29) is 9.80 Å². The molecule has 0 saturated carbocycles. The van der Waals surface area contributed by atoms with Gasteiger partial charge in [0, 0.05) is 10.0 Å². The van der Waals surface area contributed by atoms with Crippen LogP contribution in [0.2, 0.25) is 0 Å². The molecule has 0 bridgehead atoms. The van der Waals surface area contributed by atoms with Gasteiger partial charge < -0.3 is 4.74 Å². The van der Waals surface area contributed by atoms with Crippen LogP contribution in [0.4, 0.5) is 0 Å². The van der Waals surface area contributed by atoms with Gasteiger partial charge in [-0.3, -0.25) is 0 Å². The van der Waals surface area contributed by atoms with Crippen molar-refractivity contribution < 1.29 is 13.2 Å². The maximum atomic E-state index is 12.7. The van der Waals surface area contributed by atoms with Crippen molar-refractivity contribution in [3.63, 3.8) is 0 Å². The van der Waals surface area contributed by atoms with Gasteiger partial charge in [0.2, 0.25) is 9.84 Å². The smallest absolute Gasteiger partial charge is 0.216 e. The van der Waals surface area contributed by atoms with E-state index in [0.717, 1.165) is 16.5 Å². The lowest BCUT2D eigenvalue weighted by Crippen LogP contribution is -2.04. The Hall–Kier alpha value is -2.10. The molecular formula is C19H18BrNO3S. The molecule has 0 aliphatic rings. The van der Waals surface area contributed by atoms with Crippen LogP contribution in [0.25, 0.3) is 6.08 Å². The quantitative estimate of drug-likeness (QED) is 0.625. The molecule has 0 amide bonds. The van der Waals surface area contributed by atoms with E-state index < -0.39 is 9.84 Å². The normalized spacial score (nSPS) is 11.8. The zero-order chi connectivity index (χ0) is 18.4. The molecule has 0 atom stereocenters. The minimum Gasteiger partial charge on any atom is -0.493 e. The summed E-state index contributed by atoms with van der Waals surface area (Å²) in [6.45, 7) is 4.36. The van der Waals surface area contributed by atoms with Crippen molar-refractivity contribution in [3.8, 4) is 11.8 Å². The summed E-state index contributed by atoms with van der Waals surface area (Å²) >= 11 is 3.36. The average Bonchev–Trinajstić information content (AvgIpc) is 2.59. The van der Waals surface area contributed by atoms with E-state index in [1.165, 1.54) is 18.2 Å². The number of halogens is 1. The van der Waals surface area contributed by atoms with Crippen molar-refractivity contribution in [2.45, 2.75) is 25.2 Å². The van der Waals surface area contributed by atoms with Crippen molar-refractivity contribution in [3.05, 3.63) is 63.0 Å². The predicted octanol–water partition coefficient (Wildman–Crippen LogP) is 4.88. The first-order valence-corrected chi connectivity index (χ1v) is 10.0. The summed E-state index contributed by atoms with van der Waals surface area (Å²) in [5, 5.41) is 9.43. The van der Waals surface area contributed by atoms with Crippen molar-refractivity contribution in [1.82, 2.24) is 0 Å². The lowest BCUT2D eigenvalue weighted by atomic mass is 10.2. The first-order valence-electron chi connectivity index (χ1n) is 7.74. The Morgan fingerprint density at radius 2 is 1.92 bits per heavy atom. The summed E-state index contributed by atoms with van der Waals surface area (Å²) in [6.07, 6.45) is 2.18. The Morgan fingerprint density at radius 1 is 1.24 bits per heavy atom. The molecule has 0 saturated heterocycles. The fourth-order valence-electron chi connectivity index (χ4n) is 2.13. The number of hydrogen-bond donors (Lipinski definition) is 0. The molecular weight excluding hydrogens is 402 g/mol. The van der Waals surface area contributed by atoms with Gasteiger partial charge in [0.15, 0.2) is 0 Å². The van der Waals surface area contributed by atoms with Crippen molar-refractivity contribution in [2.24, 2.45) is 0 Å². The molecule has 0 heterocycles. The number of nitriles is 1. The fraction of sp³-hybridized carbons (Fsp3) is 0.211. The molecule has 0 N–H and O–H groups in total. The van der Waals surface area contributed by atoms with Gasteiger partial charge in [-0.1, -0.05) is 40.5 Å². The molecule has 130 valence electrons. The first-order chi connectivity index (χ1) is 11.9. The van der Waals surface area contributed by atoms with Gasteiger partial charge in [0.1, 0.15) is 16.7 Å². The summed E-state index contributed by atoms with van der Waals surface area (Å²) in [4.78, 5) is -0.229. The minimum absolute atomic E-state index is 0.0944. The van der Waals surface area contributed by atoms with E-state index >= 15 is 0 Å². The lowest BCUT2D eigenvalue weighted by Gasteiger charge is -2.10. The predicted molar refractivity (Wildman–Crippen MR) is 102 cm³/mol. The Kier molecular flexibility index (Phi) is 6.40. The third-order valence-electron chi connectivity index (χ3n) is 3.45. The lowest BCUT2D eigenvalue weighted by molar-refractivity contribution is 0.317. The molecule has 4 nitrogen and oxygen atoms in total. The Bertz CT molecular complexity index is 926. The van der Waals surface area contributed by atoms with Crippen molar-refractivity contribution in [2.75, 3.05) is 6.61 Å². The van der Waals surface area contributed by atoms with Gasteiger partial charge in [0.05, 0.1) is 11.5 Å². The van der Waals surface area contributed by atoms with Crippen LogP contribution in [0.5, 0.6) is 5.75 Å². The average molecular weight is 420 g/mol. The van der Waals surface area contributed by atoms with Gasteiger partial charge in [-0.25, -0.2) is 8.42 Å². The minimum atomic E-state index is -3.89. The molecule has 0 aliphatic carbocycles. The van der Waals surface area contributed by atoms with Crippen molar-refractivity contribution >= 4 is 31.8 Å². The third kappa shape index (κ3) is 4.71. The van der Waals surface area contributed by atoms with Gasteiger partial charge in [-0.05, 0) is 49.8 Å². The van der Waals surface area contributed by atoms with Gasteiger partial charge in [-0.15, -0.1) is 0 Å². The second-order valence-corrected chi connectivity index (χ2v) is 8.30. The molecule has 0 aromatic heterocycles. The standard InChI is InChI=1S/C19H18BrNO3S/c1-3-10-24-19-9-6-16(20)11-15(19)12-18(13-21)25(22,23)17-7-4-14(2)5-8-17/h4-9,11-12H,3,10H2,1-2H3/b18-12+. The third-order valence-corrected chi connectivity index (χ3v) is 5.63. The molecule has 0 fully saturated rings. The highest BCUT2D eigenvalue weighted by molar-refractivity contribution is 9.10. The molecule has 6 heteroatoms. The molecule has 0 radical (unpaired) electrons. The maximum Gasteiger partial charge on any atom is 0.216 e. The van der Waals surface area contributed by atoms with Gasteiger partial charge >= 0.3 is 0 Å². The SMILES string of the molecule is CCCOc1ccc(Br)cc1/C=C(\C#N)S(=O)(=O)c1ccc(C)cc1. The van der Waals surface area contributed by atoms with Crippen molar-refractivity contribution in [1.29, 1.82) is 5.26 Å². The fourth-order valence-corrected chi connectivity index (χ4v) is 3.66. The molecule has 0 aliphatic heterocycles. The van der Waals surface area contributed by atoms with Crippen LogP contribution in [0, 0.1) is 18.3 Å². The molecule has 2 rings (SSSR count). The topological polar surface area (TPSA) is 67.2 Å². The summed E-state index contributed by atoms with van der Waals surface area (Å²) in [5.41, 5.74) is 1.48. The van der Waals surface area contributed by atoms with Crippen LogP contribution < -0.4 is 4.74 Å². The number of rotatable bonds is 6. The van der Waals surface area contributed by atoms with Crippen LogP contribution in [-0.2, 0) is 9.84 Å². The van der Waals surface area contributed by atoms with Crippen LogP contribution in [-0.4, -0.2) is 15.0 Å². The Balaban J connectivity index is 2.52. The van der Waals surface area contributed by atoms with Crippen LogP contribution >= 0.6 is 15.9 Å². The van der Waals surface area contributed by atoms with E-state index in [1.807, 2.05) is 26.0 Å². The number of aryl methyl sites for hydroxylation is 1. The number of benzene rings is 2. The van der Waals surface area contributed by atoms with Gasteiger partial charge in [-0.2, -0.15) is 5.26 Å². The first kappa shape index (κ1) is 19.2. The van der Waals surface area contributed by atoms with E-state index in [2.05, 4.69) is 15.9 Å². The summed E-state index contributed by atoms with van der Waals surface area (Å²) in [5.74, 6) is 0.539. The number of nitrogens with zero attached hydrogens (tertiary/aromatic N) is 1. The molecule has 2 aromatic carbocycles. The second-order valence-electron chi connectivity index (χ2n) is 5.47. The monoisotopic (exact) mass is 419 g/mol. The van der Waals surface area contributed by atoms with E-state index in [0.29, 0.717) is 17.9 Å². The number of allylic oxidation sites excluding steroid dienone is 1. The number of sulfone groups is 1. The summed E-state index contributed by atoms with van der Waals surface area (Å²) in [7, 11) is -3.89. The number of hydrogen-bond acceptors (Lipinski definition) is 4. The van der Waals surface area contributed by atoms with Crippen LogP contribution in [0.15, 0.2) is 56.7 Å². The zero-order valence-corrected chi connectivity index (χ0v) is 16.4. The summed E-state index contributed by atoms with van der Waals surface area (Å²) in [6, 6.07) is 13.5. The van der Waals surface area contributed by atoms with Crippen LogP contribution in [0.3, 0.4) is 0 Å². The van der Waals surface area contributed by atoms with E-state index in [4.69, 9.17) is 4.74 Å². The molecule has 25 heavy (non-hydrogen) atoms. The van der Waals surface area contributed by atoms with E-state index in [9.17, 15) is 13.7 Å². The zero-order valence-electron chi connectivity index (χ0n) is 14.0. The Morgan fingerprint density at radius 3 is 2.52 bits per heavy atom. The van der Waals surface area contributed by atoms with Crippen LogP contribution in [0.1, 0.15) is 24.5 Å². The highest BCUT2D eigenvalue weighted by atomic mass is 79.9. The molecule has 0 unspecified atom stereocenters. The summed E-state index contributed by atoms with van der Waals surface area (Å²) < 4.78 is 31.9.